The van der Waals surface area contributed by atoms with E-state index in [1.807, 2.05) is 48.3 Å². The zero-order valence-corrected chi connectivity index (χ0v) is 24.5. The van der Waals surface area contributed by atoms with E-state index in [0.29, 0.717) is 17.6 Å². The van der Waals surface area contributed by atoms with E-state index in [-0.39, 0.29) is 43.2 Å². The van der Waals surface area contributed by atoms with Crippen molar-refractivity contribution in [1.82, 2.24) is 14.3 Å². The fourth-order valence-electron chi connectivity index (χ4n) is 5.28. The summed E-state index contributed by atoms with van der Waals surface area (Å²) in [7, 11) is 0. The number of aryl methyl sites for hydroxylation is 1. The number of fused-ring (bicyclic) bond motifs is 1. The van der Waals surface area contributed by atoms with Gasteiger partial charge in [0.2, 0.25) is 0 Å². The van der Waals surface area contributed by atoms with Crippen molar-refractivity contribution in [2.24, 2.45) is 0 Å². The number of carbonyl (C=O) groups excluding carboxylic acids is 1. The number of anilines is 1. The van der Waals surface area contributed by atoms with E-state index in [1.165, 1.54) is 18.1 Å². The molecule has 0 bridgehead atoms. The lowest BCUT2D eigenvalue weighted by Gasteiger charge is -2.33. The standard InChI is InChI=1S/C31H31F3N4O4S/c1-18-5-7-21(8-6-18)43-38-14-23(22-4-3-11-41-19(22)2)27-26(9-10-35-29(27)38)42-28-24(32)12-20(13-25(28)33)37-30(39)36-15-31(34)16-40-17-31/h5-10,12-14,19,22H,3-4,11,15-17H2,1-2H3,(H2,36,37,39). The molecule has 0 radical (unpaired) electrons. The summed E-state index contributed by atoms with van der Waals surface area (Å²) in [5.41, 5.74) is 0.871. The molecule has 2 fully saturated rings. The third-order valence-electron chi connectivity index (χ3n) is 7.63. The first-order valence-corrected chi connectivity index (χ1v) is 14.8. The van der Waals surface area contributed by atoms with Crippen LogP contribution in [0.2, 0.25) is 0 Å². The van der Waals surface area contributed by atoms with E-state index in [0.717, 1.165) is 41.0 Å². The number of aromatic nitrogens is 2. The molecule has 2 N–H and O–H groups in total. The molecule has 226 valence electrons. The number of amides is 2. The second-order valence-electron chi connectivity index (χ2n) is 11.0. The Labute approximate surface area is 251 Å². The lowest BCUT2D eigenvalue weighted by Crippen LogP contribution is -2.54. The highest BCUT2D eigenvalue weighted by atomic mass is 32.2. The highest BCUT2D eigenvalue weighted by molar-refractivity contribution is 7.98. The maximum atomic E-state index is 15.3. The summed E-state index contributed by atoms with van der Waals surface area (Å²) < 4.78 is 63.3. The number of hydrogen-bond acceptors (Lipinski definition) is 6. The van der Waals surface area contributed by atoms with Gasteiger partial charge in [0.1, 0.15) is 5.75 Å². The van der Waals surface area contributed by atoms with Crippen molar-refractivity contribution in [3.8, 4) is 11.5 Å². The van der Waals surface area contributed by atoms with Crippen molar-refractivity contribution in [3.63, 3.8) is 0 Å². The zero-order chi connectivity index (χ0) is 30.1. The maximum absolute atomic E-state index is 15.3. The summed E-state index contributed by atoms with van der Waals surface area (Å²) in [4.78, 5) is 17.8. The van der Waals surface area contributed by atoms with Gasteiger partial charge >= 0.3 is 6.03 Å². The molecule has 0 aliphatic carbocycles. The van der Waals surface area contributed by atoms with E-state index in [4.69, 9.17) is 14.2 Å². The van der Waals surface area contributed by atoms with E-state index >= 15 is 8.78 Å². The van der Waals surface area contributed by atoms with Crippen LogP contribution >= 0.6 is 11.9 Å². The molecule has 4 aromatic rings. The fraction of sp³-hybridized carbons (Fsp3) is 0.355. The Bertz CT molecular complexity index is 1620. The summed E-state index contributed by atoms with van der Waals surface area (Å²) in [6.07, 6.45) is 5.23. The number of benzene rings is 2. The predicted octanol–water partition coefficient (Wildman–Crippen LogP) is 7.11. The molecule has 2 amide bonds. The van der Waals surface area contributed by atoms with Crippen LogP contribution in [0.1, 0.15) is 36.8 Å². The van der Waals surface area contributed by atoms with Gasteiger partial charge in [0.25, 0.3) is 0 Å². The number of nitrogens with zero attached hydrogens (tertiary/aromatic N) is 2. The van der Waals surface area contributed by atoms with Crippen LogP contribution in [-0.4, -0.2) is 53.1 Å². The molecule has 2 aromatic heterocycles. The molecule has 2 aromatic carbocycles. The molecule has 6 rings (SSSR count). The Kier molecular flexibility index (Phi) is 8.25. The first-order valence-electron chi connectivity index (χ1n) is 14.0. The Morgan fingerprint density at radius 3 is 2.60 bits per heavy atom. The largest absolute Gasteiger partial charge is 0.450 e. The summed E-state index contributed by atoms with van der Waals surface area (Å²) >= 11 is 1.48. The van der Waals surface area contributed by atoms with Gasteiger partial charge in [0, 0.05) is 47.6 Å². The fourth-order valence-corrected chi connectivity index (χ4v) is 6.16. The second kappa shape index (κ2) is 12.1. The van der Waals surface area contributed by atoms with Gasteiger partial charge in [0.15, 0.2) is 28.7 Å². The number of pyridine rings is 1. The predicted molar refractivity (Wildman–Crippen MR) is 158 cm³/mol. The summed E-state index contributed by atoms with van der Waals surface area (Å²) in [6, 6.07) is 10.8. The molecule has 2 aliphatic heterocycles. The normalized spacial score (nSPS) is 19.6. The molecule has 8 nitrogen and oxygen atoms in total. The number of urea groups is 1. The molecule has 2 atom stereocenters. The van der Waals surface area contributed by atoms with Gasteiger partial charge in [-0.25, -0.2) is 22.9 Å². The number of alkyl halides is 1. The Hall–Kier alpha value is -3.74. The van der Waals surface area contributed by atoms with Gasteiger partial charge in [-0.05, 0) is 62.4 Å². The minimum atomic E-state index is -1.64. The van der Waals surface area contributed by atoms with Crippen molar-refractivity contribution >= 4 is 34.7 Å². The molecule has 0 spiro atoms. The van der Waals surface area contributed by atoms with Gasteiger partial charge in [-0.2, -0.15) is 0 Å². The number of ether oxygens (including phenoxy) is 3. The molecule has 0 saturated carbocycles. The van der Waals surface area contributed by atoms with Crippen LogP contribution in [0.3, 0.4) is 0 Å². The lowest BCUT2D eigenvalue weighted by atomic mass is 9.88. The minimum absolute atomic E-state index is 0.0254. The quantitative estimate of drug-likeness (QED) is 0.221. The average Bonchev–Trinajstić information content (AvgIpc) is 3.33. The van der Waals surface area contributed by atoms with Gasteiger partial charge in [-0.3, -0.25) is 3.97 Å². The van der Waals surface area contributed by atoms with Crippen LogP contribution in [-0.2, 0) is 9.47 Å². The summed E-state index contributed by atoms with van der Waals surface area (Å²) in [5, 5.41) is 5.32. The van der Waals surface area contributed by atoms with E-state index in [9.17, 15) is 9.18 Å². The highest BCUT2D eigenvalue weighted by Crippen LogP contribution is 2.43. The Morgan fingerprint density at radius 2 is 1.93 bits per heavy atom. The zero-order valence-electron chi connectivity index (χ0n) is 23.7. The number of hydrogen-bond donors (Lipinski definition) is 2. The third-order valence-corrected chi connectivity index (χ3v) is 8.59. The first kappa shape index (κ1) is 29.3. The number of nitrogens with one attached hydrogen (secondary N) is 2. The van der Waals surface area contributed by atoms with Crippen LogP contribution < -0.4 is 15.4 Å². The van der Waals surface area contributed by atoms with Crippen molar-refractivity contribution in [1.29, 1.82) is 0 Å². The molecular formula is C31H31F3N4O4S. The van der Waals surface area contributed by atoms with Gasteiger partial charge in [-0.15, -0.1) is 0 Å². The monoisotopic (exact) mass is 612 g/mol. The third kappa shape index (κ3) is 6.31. The number of rotatable bonds is 8. The summed E-state index contributed by atoms with van der Waals surface area (Å²) in [5.74, 6) is -2.38. The van der Waals surface area contributed by atoms with Gasteiger partial charge < -0.3 is 24.8 Å². The molecular weight excluding hydrogens is 581 g/mol. The van der Waals surface area contributed by atoms with Crippen LogP contribution in [0.15, 0.2) is 59.8 Å². The molecule has 4 heterocycles. The molecule has 2 saturated heterocycles. The molecule has 2 aliphatic rings. The number of carbonyl (C=O) groups is 1. The topological polar surface area (TPSA) is 86.6 Å². The van der Waals surface area contributed by atoms with E-state index in [2.05, 4.69) is 15.6 Å². The lowest BCUT2D eigenvalue weighted by molar-refractivity contribution is -0.125. The second-order valence-corrected chi connectivity index (χ2v) is 12.0. The maximum Gasteiger partial charge on any atom is 0.319 e. The average molecular weight is 613 g/mol. The van der Waals surface area contributed by atoms with E-state index in [1.54, 1.807) is 6.07 Å². The molecule has 2 unspecified atom stereocenters. The van der Waals surface area contributed by atoms with Crippen molar-refractivity contribution in [3.05, 3.63) is 77.6 Å². The summed E-state index contributed by atoms with van der Waals surface area (Å²) in [6.45, 7) is 4.20. The Morgan fingerprint density at radius 1 is 1.19 bits per heavy atom. The van der Waals surface area contributed by atoms with Crippen LogP contribution in [0, 0.1) is 18.6 Å². The van der Waals surface area contributed by atoms with Crippen molar-refractivity contribution in [2.45, 2.75) is 49.3 Å². The van der Waals surface area contributed by atoms with Crippen molar-refractivity contribution < 1.29 is 32.2 Å². The SMILES string of the molecule is Cc1ccc(Sn2cc(C3CCCOC3C)c3c(Oc4c(F)cc(NC(=O)NCC5(F)COC5)cc4F)ccnc32)cc1. The van der Waals surface area contributed by atoms with E-state index < -0.39 is 29.1 Å². The van der Waals surface area contributed by atoms with Crippen LogP contribution in [0.4, 0.5) is 23.7 Å². The van der Waals surface area contributed by atoms with Gasteiger partial charge in [0.05, 0.1) is 31.2 Å². The number of halogens is 3. The smallest absolute Gasteiger partial charge is 0.319 e. The highest BCUT2D eigenvalue weighted by Gasteiger charge is 2.39. The van der Waals surface area contributed by atoms with Crippen molar-refractivity contribution in [2.75, 3.05) is 31.7 Å². The van der Waals surface area contributed by atoms with Crippen LogP contribution in [0.25, 0.3) is 11.0 Å². The molecule has 43 heavy (non-hydrogen) atoms. The van der Waals surface area contributed by atoms with Crippen LogP contribution in [0.5, 0.6) is 11.5 Å². The molecule has 12 heteroatoms. The minimum Gasteiger partial charge on any atom is -0.450 e. The van der Waals surface area contributed by atoms with Gasteiger partial charge in [-0.1, -0.05) is 17.7 Å². The Balaban J connectivity index is 1.30. The first-order chi connectivity index (χ1) is 20.7.